The number of nitrogens with one attached hydrogen (secondary N) is 1. The topological polar surface area (TPSA) is 111 Å². The van der Waals surface area contributed by atoms with Crippen molar-refractivity contribution in [3.63, 3.8) is 0 Å². The van der Waals surface area contributed by atoms with Gasteiger partial charge < -0.3 is 19.3 Å². The number of ether oxygens (including phenoxy) is 3. The first-order valence-corrected chi connectivity index (χ1v) is 10.7. The molecule has 0 heterocycles. The largest absolute Gasteiger partial charge is 0.497 e. The summed E-state index contributed by atoms with van der Waals surface area (Å²) in [5.74, 6) is 0.282. The van der Waals surface area contributed by atoms with E-state index in [1.807, 2.05) is 0 Å². The van der Waals surface area contributed by atoms with Gasteiger partial charge in [-0.3, -0.25) is 4.72 Å². The molecule has 3 rings (SSSR count). The van der Waals surface area contributed by atoms with Gasteiger partial charge in [0.25, 0.3) is 10.0 Å². The minimum atomic E-state index is -3.73. The van der Waals surface area contributed by atoms with Gasteiger partial charge in [-0.1, -0.05) is 12.1 Å². The van der Waals surface area contributed by atoms with E-state index in [0.29, 0.717) is 17.2 Å². The van der Waals surface area contributed by atoms with Crippen molar-refractivity contribution in [3.8, 4) is 17.2 Å². The van der Waals surface area contributed by atoms with Crippen LogP contribution >= 0.6 is 0 Å². The fourth-order valence-electron chi connectivity index (χ4n) is 2.67. The second kappa shape index (κ2) is 9.86. The summed E-state index contributed by atoms with van der Waals surface area (Å²) < 4.78 is 43.5. The number of para-hydroxylation sites is 1. The quantitative estimate of drug-likeness (QED) is 0.460. The summed E-state index contributed by atoms with van der Waals surface area (Å²) >= 11 is 0. The van der Waals surface area contributed by atoms with E-state index in [2.05, 4.69) is 4.72 Å². The van der Waals surface area contributed by atoms with Crippen LogP contribution in [0.15, 0.2) is 77.7 Å². The van der Waals surface area contributed by atoms with E-state index in [1.165, 1.54) is 25.3 Å². The summed E-state index contributed by atoms with van der Waals surface area (Å²) in [5, 5.41) is 9.14. The third-order valence-corrected chi connectivity index (χ3v) is 5.60. The summed E-state index contributed by atoms with van der Waals surface area (Å²) in [6.07, 6.45) is 0. The maximum Gasteiger partial charge on any atom is 0.339 e. The van der Waals surface area contributed by atoms with Crippen LogP contribution in [0.3, 0.4) is 0 Å². The van der Waals surface area contributed by atoms with E-state index in [0.717, 1.165) is 0 Å². The molecule has 3 aromatic rings. The highest BCUT2D eigenvalue weighted by molar-refractivity contribution is 7.92. The molecule has 0 aliphatic heterocycles. The lowest BCUT2D eigenvalue weighted by molar-refractivity contribution is 0.0691. The number of sulfonamides is 1. The Morgan fingerprint density at radius 2 is 1.48 bits per heavy atom. The first kappa shape index (κ1) is 22.0. The van der Waals surface area contributed by atoms with E-state index in [1.54, 1.807) is 54.6 Å². The van der Waals surface area contributed by atoms with Crippen LogP contribution in [-0.2, 0) is 10.0 Å². The lowest BCUT2D eigenvalue weighted by Crippen LogP contribution is -2.13. The second-order valence-corrected chi connectivity index (χ2v) is 7.99. The standard InChI is InChI=1S/C22H21NO7S/c1-28-17-10-12-19(13-11-17)31(26,27)23-16-6-8-18(9-7-16)29-14-15-30-21-5-3-2-4-20(21)22(24)25/h2-13,23H,14-15H2,1H3,(H,24,25). The lowest BCUT2D eigenvalue weighted by atomic mass is 10.2. The zero-order valence-corrected chi connectivity index (χ0v) is 17.5. The first-order valence-electron chi connectivity index (χ1n) is 9.24. The third kappa shape index (κ3) is 5.89. The van der Waals surface area contributed by atoms with Crippen LogP contribution in [-0.4, -0.2) is 39.8 Å². The van der Waals surface area contributed by atoms with Gasteiger partial charge in [0.1, 0.15) is 36.0 Å². The zero-order valence-electron chi connectivity index (χ0n) is 16.6. The van der Waals surface area contributed by atoms with Crippen molar-refractivity contribution < 1.29 is 32.5 Å². The molecule has 9 heteroatoms. The van der Waals surface area contributed by atoms with Crippen molar-refractivity contribution in [3.05, 3.63) is 78.4 Å². The molecule has 0 saturated carbocycles. The Kier molecular flexibility index (Phi) is 6.99. The summed E-state index contributed by atoms with van der Waals surface area (Å²) in [4.78, 5) is 11.3. The van der Waals surface area contributed by atoms with Gasteiger partial charge in [-0.05, 0) is 60.7 Å². The normalized spacial score (nSPS) is 10.9. The molecule has 8 nitrogen and oxygen atoms in total. The van der Waals surface area contributed by atoms with Crippen LogP contribution in [0.2, 0.25) is 0 Å². The van der Waals surface area contributed by atoms with Crippen molar-refractivity contribution in [1.29, 1.82) is 0 Å². The van der Waals surface area contributed by atoms with Crippen LogP contribution in [0.4, 0.5) is 5.69 Å². The van der Waals surface area contributed by atoms with E-state index in [9.17, 15) is 13.2 Å². The number of carboxylic acid groups (broad SMARTS) is 1. The van der Waals surface area contributed by atoms with Crippen molar-refractivity contribution in [2.75, 3.05) is 25.0 Å². The van der Waals surface area contributed by atoms with Crippen LogP contribution in [0.25, 0.3) is 0 Å². The van der Waals surface area contributed by atoms with Gasteiger partial charge in [0.2, 0.25) is 0 Å². The molecule has 0 bridgehead atoms. The average Bonchev–Trinajstić information content (AvgIpc) is 2.78. The molecule has 162 valence electrons. The highest BCUT2D eigenvalue weighted by atomic mass is 32.2. The lowest BCUT2D eigenvalue weighted by Gasteiger charge is -2.11. The Hall–Kier alpha value is -3.72. The fraction of sp³-hybridized carbons (Fsp3) is 0.136. The summed E-state index contributed by atoms with van der Waals surface area (Å²) in [5.41, 5.74) is 0.464. The highest BCUT2D eigenvalue weighted by Gasteiger charge is 2.14. The number of anilines is 1. The molecule has 0 fully saturated rings. The predicted molar refractivity (Wildman–Crippen MR) is 115 cm³/mol. The van der Waals surface area contributed by atoms with E-state index in [4.69, 9.17) is 19.3 Å². The molecule has 0 atom stereocenters. The fourth-order valence-corrected chi connectivity index (χ4v) is 3.73. The molecule has 0 aliphatic rings. The number of rotatable bonds is 10. The van der Waals surface area contributed by atoms with Gasteiger partial charge in [0.15, 0.2) is 0 Å². The Morgan fingerprint density at radius 1 is 0.871 bits per heavy atom. The van der Waals surface area contributed by atoms with Crippen molar-refractivity contribution >= 4 is 21.7 Å². The van der Waals surface area contributed by atoms with Crippen molar-refractivity contribution in [2.24, 2.45) is 0 Å². The van der Waals surface area contributed by atoms with Crippen LogP contribution in [0, 0.1) is 0 Å². The smallest absolute Gasteiger partial charge is 0.339 e. The van der Waals surface area contributed by atoms with Crippen LogP contribution in [0.1, 0.15) is 10.4 Å². The molecule has 0 radical (unpaired) electrons. The van der Waals surface area contributed by atoms with Crippen molar-refractivity contribution in [1.82, 2.24) is 0 Å². The maximum absolute atomic E-state index is 12.5. The molecule has 0 amide bonds. The monoisotopic (exact) mass is 443 g/mol. The number of carbonyl (C=O) groups is 1. The summed E-state index contributed by atoms with van der Waals surface area (Å²) in [7, 11) is -2.22. The van der Waals surface area contributed by atoms with Gasteiger partial charge in [0.05, 0.1) is 12.0 Å². The summed E-state index contributed by atoms with van der Waals surface area (Å²) in [6.45, 7) is 0.334. The third-order valence-electron chi connectivity index (χ3n) is 4.20. The number of hydrogen-bond donors (Lipinski definition) is 2. The SMILES string of the molecule is COc1ccc(S(=O)(=O)Nc2ccc(OCCOc3ccccc3C(=O)O)cc2)cc1. The second-order valence-electron chi connectivity index (χ2n) is 6.30. The minimum Gasteiger partial charge on any atom is -0.497 e. The predicted octanol–water partition coefficient (Wildman–Crippen LogP) is 3.65. The van der Waals surface area contributed by atoms with Crippen molar-refractivity contribution in [2.45, 2.75) is 4.90 Å². The number of aromatic carboxylic acids is 1. The van der Waals surface area contributed by atoms with Gasteiger partial charge >= 0.3 is 5.97 Å². The first-order chi connectivity index (χ1) is 14.9. The number of benzene rings is 3. The van der Waals surface area contributed by atoms with Crippen LogP contribution in [0.5, 0.6) is 17.2 Å². The molecule has 31 heavy (non-hydrogen) atoms. The van der Waals surface area contributed by atoms with Crippen LogP contribution < -0.4 is 18.9 Å². The van der Waals surface area contributed by atoms with Gasteiger partial charge in [0, 0.05) is 5.69 Å². The Labute approximate surface area is 180 Å². The molecule has 3 aromatic carbocycles. The van der Waals surface area contributed by atoms with E-state index < -0.39 is 16.0 Å². The van der Waals surface area contributed by atoms with E-state index >= 15 is 0 Å². The molecular formula is C22H21NO7S. The van der Waals surface area contributed by atoms with Gasteiger partial charge in [-0.2, -0.15) is 0 Å². The van der Waals surface area contributed by atoms with E-state index in [-0.39, 0.29) is 29.4 Å². The Bertz CT molecular complexity index is 1130. The highest BCUT2D eigenvalue weighted by Crippen LogP contribution is 2.22. The summed E-state index contributed by atoms with van der Waals surface area (Å²) in [6, 6.07) is 18.8. The van der Waals surface area contributed by atoms with Gasteiger partial charge in [-0.25, -0.2) is 13.2 Å². The Morgan fingerprint density at radius 3 is 2.13 bits per heavy atom. The molecule has 2 N–H and O–H groups in total. The zero-order chi connectivity index (χ0) is 22.3. The van der Waals surface area contributed by atoms with Gasteiger partial charge in [-0.15, -0.1) is 0 Å². The molecule has 0 spiro atoms. The number of methoxy groups -OCH3 is 1. The number of carboxylic acids is 1. The average molecular weight is 443 g/mol. The minimum absolute atomic E-state index is 0.0796. The molecule has 0 unspecified atom stereocenters. The molecular weight excluding hydrogens is 422 g/mol. The molecule has 0 aromatic heterocycles. The molecule has 0 saturated heterocycles. The number of hydrogen-bond acceptors (Lipinski definition) is 6. The molecule has 0 aliphatic carbocycles. The maximum atomic E-state index is 12.5. The Balaban J connectivity index is 1.52.